The highest BCUT2D eigenvalue weighted by Gasteiger charge is 2.05. The third-order valence-electron chi connectivity index (χ3n) is 2.16. The van der Waals surface area contributed by atoms with Crippen molar-refractivity contribution in [2.24, 2.45) is 0 Å². The van der Waals surface area contributed by atoms with Crippen LogP contribution in [0.2, 0.25) is 0 Å². The fraction of sp³-hybridized carbons (Fsp3) is 0.167. The maximum atomic E-state index is 5.56. The predicted octanol–water partition coefficient (Wildman–Crippen LogP) is 3.20. The number of ether oxygens (including phenoxy) is 1. The number of rotatable bonds is 3. The van der Waals surface area contributed by atoms with Crippen molar-refractivity contribution in [1.29, 1.82) is 0 Å². The molecule has 0 amide bonds. The predicted molar refractivity (Wildman–Crippen MR) is 66.0 cm³/mol. The van der Waals surface area contributed by atoms with Gasteiger partial charge in [0.05, 0.1) is 18.6 Å². The van der Waals surface area contributed by atoms with Crippen LogP contribution >= 0.6 is 12.2 Å². The van der Waals surface area contributed by atoms with E-state index >= 15 is 0 Å². The average molecular weight is 232 g/mol. The lowest BCUT2D eigenvalue weighted by molar-refractivity contribution is 0.341. The van der Waals surface area contributed by atoms with Gasteiger partial charge >= 0.3 is 0 Å². The van der Waals surface area contributed by atoms with Gasteiger partial charge in [-0.3, -0.25) is 0 Å². The number of para-hydroxylation sites is 1. The Bertz CT molecular complexity index is 536. The lowest BCUT2D eigenvalue weighted by Crippen LogP contribution is -1.95. The molecule has 2 rings (SSSR count). The van der Waals surface area contributed by atoms with Gasteiger partial charge < -0.3 is 9.72 Å². The van der Waals surface area contributed by atoms with Crippen LogP contribution in [0, 0.1) is 4.64 Å². The summed E-state index contributed by atoms with van der Waals surface area (Å²) in [7, 11) is 0. The molecule has 1 aromatic carbocycles. The molecule has 0 atom stereocenters. The molecule has 82 valence electrons. The Hall–Kier alpha value is -1.68. The van der Waals surface area contributed by atoms with Crippen molar-refractivity contribution in [3.8, 4) is 17.0 Å². The van der Waals surface area contributed by atoms with Gasteiger partial charge in [0.15, 0.2) is 0 Å². The van der Waals surface area contributed by atoms with Crippen LogP contribution in [0.5, 0.6) is 5.75 Å². The molecule has 0 saturated carbocycles. The monoisotopic (exact) mass is 232 g/mol. The van der Waals surface area contributed by atoms with Crippen molar-refractivity contribution in [2.45, 2.75) is 6.92 Å². The van der Waals surface area contributed by atoms with Crippen LogP contribution in [0.3, 0.4) is 0 Å². The molecule has 1 N–H and O–H groups in total. The summed E-state index contributed by atoms with van der Waals surface area (Å²) in [6.45, 7) is 2.61. The first-order valence-corrected chi connectivity index (χ1v) is 5.49. The summed E-state index contributed by atoms with van der Waals surface area (Å²) in [6.07, 6.45) is 1.60. The number of nitrogens with zero attached hydrogens (tertiary/aromatic N) is 1. The Balaban J connectivity index is 2.51. The molecule has 0 radical (unpaired) electrons. The van der Waals surface area contributed by atoms with Gasteiger partial charge in [-0.05, 0) is 25.1 Å². The number of nitrogens with one attached hydrogen (secondary N) is 1. The summed E-state index contributed by atoms with van der Waals surface area (Å²) in [5.41, 5.74) is 1.92. The van der Waals surface area contributed by atoms with E-state index in [0.29, 0.717) is 11.2 Å². The standard InChI is InChI=1S/C12H12N2OS/c1-2-15-11-6-4-3-5-9(11)10-7-12(16)14-8-13-10/h3-8H,2H2,1H3,(H,13,14,16). The van der Waals surface area contributed by atoms with Gasteiger partial charge in [-0.2, -0.15) is 0 Å². The van der Waals surface area contributed by atoms with E-state index in [2.05, 4.69) is 9.97 Å². The van der Waals surface area contributed by atoms with Crippen LogP contribution in [-0.2, 0) is 0 Å². The summed E-state index contributed by atoms with van der Waals surface area (Å²) in [5, 5.41) is 0. The second-order valence-corrected chi connectivity index (χ2v) is 3.65. The van der Waals surface area contributed by atoms with Gasteiger partial charge in [-0.1, -0.05) is 24.4 Å². The molecule has 0 aliphatic rings. The summed E-state index contributed by atoms with van der Waals surface area (Å²) in [4.78, 5) is 7.03. The third-order valence-corrected chi connectivity index (χ3v) is 2.38. The molecular weight excluding hydrogens is 220 g/mol. The third kappa shape index (κ3) is 2.28. The zero-order valence-corrected chi connectivity index (χ0v) is 9.75. The number of aromatic amines is 1. The van der Waals surface area contributed by atoms with E-state index in [9.17, 15) is 0 Å². The SMILES string of the molecule is CCOc1ccccc1-c1cc(=S)nc[nH]1. The van der Waals surface area contributed by atoms with Crippen molar-refractivity contribution in [2.75, 3.05) is 6.61 Å². The molecule has 4 heteroatoms. The van der Waals surface area contributed by atoms with Gasteiger partial charge in [0.1, 0.15) is 10.4 Å². The molecule has 1 aromatic heterocycles. The number of hydrogen-bond acceptors (Lipinski definition) is 3. The minimum atomic E-state index is 0.569. The minimum Gasteiger partial charge on any atom is -0.493 e. The van der Waals surface area contributed by atoms with Gasteiger partial charge in [0.2, 0.25) is 0 Å². The maximum absolute atomic E-state index is 5.56. The summed E-state index contributed by atoms with van der Waals surface area (Å²) in [5.74, 6) is 0.849. The van der Waals surface area contributed by atoms with Crippen molar-refractivity contribution < 1.29 is 4.74 Å². The van der Waals surface area contributed by atoms with E-state index in [0.717, 1.165) is 17.0 Å². The van der Waals surface area contributed by atoms with Crippen molar-refractivity contribution in [1.82, 2.24) is 9.97 Å². The van der Waals surface area contributed by atoms with Crippen molar-refractivity contribution in [3.63, 3.8) is 0 Å². The number of aromatic nitrogens is 2. The van der Waals surface area contributed by atoms with E-state index in [-0.39, 0.29) is 0 Å². The Morgan fingerprint density at radius 3 is 2.94 bits per heavy atom. The first-order chi connectivity index (χ1) is 7.81. The van der Waals surface area contributed by atoms with E-state index < -0.39 is 0 Å². The second-order valence-electron chi connectivity index (χ2n) is 3.23. The van der Waals surface area contributed by atoms with Gasteiger partial charge in [-0.15, -0.1) is 0 Å². The molecule has 0 saturated heterocycles. The van der Waals surface area contributed by atoms with E-state index in [4.69, 9.17) is 17.0 Å². The zero-order chi connectivity index (χ0) is 11.4. The topological polar surface area (TPSA) is 37.9 Å². The van der Waals surface area contributed by atoms with E-state index in [1.807, 2.05) is 37.3 Å². The van der Waals surface area contributed by atoms with Crippen molar-refractivity contribution >= 4 is 12.2 Å². The Kier molecular flexibility index (Phi) is 3.31. The number of benzene rings is 1. The molecule has 0 fully saturated rings. The molecule has 2 aromatic rings. The van der Waals surface area contributed by atoms with Gasteiger partial charge in [0.25, 0.3) is 0 Å². The van der Waals surface area contributed by atoms with Crippen LogP contribution in [0.15, 0.2) is 36.7 Å². The fourth-order valence-electron chi connectivity index (χ4n) is 1.49. The Morgan fingerprint density at radius 1 is 1.38 bits per heavy atom. The highest BCUT2D eigenvalue weighted by Crippen LogP contribution is 2.27. The fourth-order valence-corrected chi connectivity index (χ4v) is 1.66. The lowest BCUT2D eigenvalue weighted by atomic mass is 10.1. The molecule has 0 spiro atoms. The molecule has 1 heterocycles. The first kappa shape index (κ1) is 10.8. The highest BCUT2D eigenvalue weighted by atomic mass is 32.1. The molecule has 0 unspecified atom stereocenters. The van der Waals surface area contributed by atoms with Crippen LogP contribution < -0.4 is 4.74 Å². The number of H-pyrrole nitrogens is 1. The minimum absolute atomic E-state index is 0.569. The Morgan fingerprint density at radius 2 is 2.19 bits per heavy atom. The summed E-state index contributed by atoms with van der Waals surface area (Å²) < 4.78 is 6.13. The smallest absolute Gasteiger partial charge is 0.130 e. The molecule has 3 nitrogen and oxygen atoms in total. The van der Waals surface area contributed by atoms with Crippen LogP contribution in [-0.4, -0.2) is 16.6 Å². The molecule has 0 bridgehead atoms. The lowest BCUT2D eigenvalue weighted by Gasteiger charge is -2.09. The maximum Gasteiger partial charge on any atom is 0.130 e. The molecule has 0 aliphatic heterocycles. The zero-order valence-electron chi connectivity index (χ0n) is 8.93. The van der Waals surface area contributed by atoms with Gasteiger partial charge in [-0.25, -0.2) is 4.98 Å². The van der Waals surface area contributed by atoms with E-state index in [1.165, 1.54) is 0 Å². The summed E-state index contributed by atoms with van der Waals surface area (Å²) >= 11 is 5.04. The van der Waals surface area contributed by atoms with Crippen LogP contribution in [0.1, 0.15) is 6.92 Å². The second kappa shape index (κ2) is 4.90. The largest absolute Gasteiger partial charge is 0.493 e. The quantitative estimate of drug-likeness (QED) is 0.826. The summed E-state index contributed by atoms with van der Waals surface area (Å²) in [6, 6.07) is 9.67. The molecule has 16 heavy (non-hydrogen) atoms. The van der Waals surface area contributed by atoms with Crippen LogP contribution in [0.25, 0.3) is 11.3 Å². The normalized spacial score (nSPS) is 10.1. The molecule has 0 aliphatic carbocycles. The van der Waals surface area contributed by atoms with Gasteiger partial charge in [0, 0.05) is 5.56 Å². The average Bonchev–Trinajstić information content (AvgIpc) is 2.30. The Labute approximate surface area is 99.1 Å². The van der Waals surface area contributed by atoms with Crippen LogP contribution in [0.4, 0.5) is 0 Å². The van der Waals surface area contributed by atoms with E-state index in [1.54, 1.807) is 6.33 Å². The number of hydrogen-bond donors (Lipinski definition) is 1. The highest BCUT2D eigenvalue weighted by molar-refractivity contribution is 7.71. The van der Waals surface area contributed by atoms with Crippen molar-refractivity contribution in [3.05, 3.63) is 41.3 Å². The first-order valence-electron chi connectivity index (χ1n) is 5.08. The molecular formula is C12H12N2OS.